The van der Waals surface area contributed by atoms with Crippen LogP contribution in [0.25, 0.3) is 0 Å². The van der Waals surface area contributed by atoms with Gasteiger partial charge in [0.2, 0.25) is 5.82 Å². The molecule has 0 amide bonds. The highest BCUT2D eigenvalue weighted by molar-refractivity contribution is 5.35. The maximum absolute atomic E-state index is 12.2. The predicted molar refractivity (Wildman–Crippen MR) is 80.7 cm³/mol. The average molecular weight is 293 g/mol. The van der Waals surface area contributed by atoms with E-state index in [1.165, 1.54) is 24.6 Å². The monoisotopic (exact) mass is 293 g/mol. The molecule has 1 aliphatic carbocycles. The zero-order valence-electron chi connectivity index (χ0n) is 12.7. The van der Waals surface area contributed by atoms with E-state index >= 15 is 0 Å². The third kappa shape index (κ3) is 3.02. The van der Waals surface area contributed by atoms with E-state index in [0.29, 0.717) is 11.9 Å². The first-order chi connectivity index (χ1) is 10.1. The molecule has 1 saturated heterocycles. The summed E-state index contributed by atoms with van der Waals surface area (Å²) in [7, 11) is 3.08. The van der Waals surface area contributed by atoms with E-state index in [4.69, 9.17) is 0 Å². The molecule has 0 bridgehead atoms. The summed E-state index contributed by atoms with van der Waals surface area (Å²) >= 11 is 0. The number of rotatable bonds is 4. The summed E-state index contributed by atoms with van der Waals surface area (Å²) in [6, 6.07) is 0.540. The Balaban J connectivity index is 1.66. The van der Waals surface area contributed by atoms with Crippen molar-refractivity contribution < 1.29 is 0 Å². The highest BCUT2D eigenvalue weighted by Crippen LogP contribution is 2.28. The van der Waals surface area contributed by atoms with Gasteiger partial charge in [0.1, 0.15) is 0 Å². The average Bonchev–Trinajstić information content (AvgIpc) is 3.32. The summed E-state index contributed by atoms with van der Waals surface area (Å²) in [4.78, 5) is 25.8. The molecule has 1 aromatic rings. The van der Waals surface area contributed by atoms with E-state index in [0.717, 1.165) is 43.0 Å². The second-order valence-electron chi connectivity index (χ2n) is 6.21. The molecule has 2 fully saturated rings. The first kappa shape index (κ1) is 14.3. The van der Waals surface area contributed by atoms with Gasteiger partial charge in [0.15, 0.2) is 0 Å². The third-order valence-corrected chi connectivity index (χ3v) is 4.49. The summed E-state index contributed by atoms with van der Waals surface area (Å²) < 4.78 is 2.36. The smallest absolute Gasteiger partial charge is 0.346 e. The van der Waals surface area contributed by atoms with Crippen molar-refractivity contribution in [3.05, 3.63) is 20.8 Å². The Hall–Kier alpha value is -1.63. The molecule has 21 heavy (non-hydrogen) atoms. The molecular weight excluding hydrogens is 270 g/mol. The lowest BCUT2D eigenvalue weighted by molar-refractivity contribution is 0.404. The lowest BCUT2D eigenvalue weighted by atomic mass is 10.0. The van der Waals surface area contributed by atoms with Crippen LogP contribution in [0.3, 0.4) is 0 Å². The molecule has 0 spiro atoms. The minimum atomic E-state index is -0.385. The van der Waals surface area contributed by atoms with Crippen LogP contribution < -0.4 is 21.5 Å². The molecule has 2 heterocycles. The molecule has 1 aromatic heterocycles. The van der Waals surface area contributed by atoms with E-state index < -0.39 is 0 Å². The predicted octanol–water partition coefficient (Wildman–Crippen LogP) is -0.553. The van der Waals surface area contributed by atoms with Gasteiger partial charge < -0.3 is 10.2 Å². The first-order valence-electron chi connectivity index (χ1n) is 7.69. The Morgan fingerprint density at radius 3 is 2.43 bits per heavy atom. The van der Waals surface area contributed by atoms with E-state index in [1.807, 2.05) is 4.90 Å². The highest BCUT2D eigenvalue weighted by Gasteiger charge is 2.26. The number of nitrogens with one attached hydrogen (secondary N) is 1. The standard InChI is InChI=1S/C14H23N5O2/c1-17-13(20)12(16-18(2)14(17)21)19-7-5-11(6-8-19)15-9-10-3-4-10/h10-11,15H,3-9H2,1-2H3. The van der Waals surface area contributed by atoms with Gasteiger partial charge in [-0.2, -0.15) is 0 Å². The van der Waals surface area contributed by atoms with Crippen molar-refractivity contribution in [3.63, 3.8) is 0 Å². The van der Waals surface area contributed by atoms with Crippen molar-refractivity contribution in [1.29, 1.82) is 0 Å². The second-order valence-corrected chi connectivity index (χ2v) is 6.21. The summed E-state index contributed by atoms with van der Waals surface area (Å²) in [6.45, 7) is 2.75. The maximum atomic E-state index is 12.2. The van der Waals surface area contributed by atoms with Gasteiger partial charge >= 0.3 is 5.69 Å². The Morgan fingerprint density at radius 1 is 1.14 bits per heavy atom. The van der Waals surface area contributed by atoms with Gasteiger partial charge in [0.25, 0.3) is 5.56 Å². The molecule has 3 rings (SSSR count). The van der Waals surface area contributed by atoms with Crippen LogP contribution >= 0.6 is 0 Å². The molecular formula is C14H23N5O2. The largest absolute Gasteiger partial charge is 0.350 e. The SMILES string of the molecule is Cn1nc(N2CCC(NCC3CC3)CC2)c(=O)n(C)c1=O. The minimum Gasteiger partial charge on any atom is -0.350 e. The van der Waals surface area contributed by atoms with E-state index in [9.17, 15) is 9.59 Å². The van der Waals surface area contributed by atoms with Crippen molar-refractivity contribution in [2.24, 2.45) is 20.0 Å². The number of hydrogen-bond donors (Lipinski definition) is 1. The molecule has 116 valence electrons. The Morgan fingerprint density at radius 2 is 1.81 bits per heavy atom. The van der Waals surface area contributed by atoms with Gasteiger partial charge in [-0.25, -0.2) is 9.48 Å². The fourth-order valence-electron chi connectivity index (χ4n) is 2.83. The molecule has 1 saturated carbocycles. The Kier molecular flexibility index (Phi) is 3.84. The molecule has 7 heteroatoms. The molecule has 0 atom stereocenters. The molecule has 1 N–H and O–H groups in total. The van der Waals surface area contributed by atoms with Crippen LogP contribution in [-0.2, 0) is 14.1 Å². The molecule has 2 aliphatic rings. The van der Waals surface area contributed by atoms with Crippen LogP contribution in [0.1, 0.15) is 25.7 Å². The van der Waals surface area contributed by atoms with Crippen LogP contribution in [0.15, 0.2) is 9.59 Å². The van der Waals surface area contributed by atoms with Gasteiger partial charge in [0, 0.05) is 33.2 Å². The number of aromatic nitrogens is 3. The van der Waals surface area contributed by atoms with Crippen molar-refractivity contribution in [3.8, 4) is 0 Å². The van der Waals surface area contributed by atoms with Crippen LogP contribution in [0, 0.1) is 5.92 Å². The van der Waals surface area contributed by atoms with Crippen molar-refractivity contribution in [2.75, 3.05) is 24.5 Å². The fraction of sp³-hybridized carbons (Fsp3) is 0.786. The summed E-state index contributed by atoms with van der Waals surface area (Å²) in [5.74, 6) is 1.28. The lowest BCUT2D eigenvalue weighted by Crippen LogP contribution is -2.48. The molecule has 1 aliphatic heterocycles. The number of aryl methyl sites for hydroxylation is 1. The molecule has 0 aromatic carbocycles. The van der Waals surface area contributed by atoms with Gasteiger partial charge in [-0.05, 0) is 38.1 Å². The van der Waals surface area contributed by atoms with Crippen molar-refractivity contribution in [1.82, 2.24) is 19.7 Å². The zero-order chi connectivity index (χ0) is 15.0. The molecule has 0 radical (unpaired) electrons. The van der Waals surface area contributed by atoms with Crippen LogP contribution in [0.2, 0.25) is 0 Å². The van der Waals surface area contributed by atoms with Crippen LogP contribution in [-0.4, -0.2) is 40.0 Å². The van der Waals surface area contributed by atoms with Gasteiger partial charge in [-0.3, -0.25) is 9.36 Å². The quantitative estimate of drug-likeness (QED) is 0.806. The molecule has 7 nitrogen and oxygen atoms in total. The van der Waals surface area contributed by atoms with Crippen molar-refractivity contribution >= 4 is 5.82 Å². The highest BCUT2D eigenvalue weighted by atomic mass is 16.2. The Bertz CT molecular complexity index is 623. The van der Waals surface area contributed by atoms with Gasteiger partial charge in [-0.15, -0.1) is 5.10 Å². The maximum Gasteiger partial charge on any atom is 0.346 e. The Labute approximate surface area is 123 Å². The van der Waals surface area contributed by atoms with Crippen LogP contribution in [0.4, 0.5) is 5.82 Å². The number of nitrogens with zero attached hydrogens (tertiary/aromatic N) is 4. The van der Waals surface area contributed by atoms with Crippen molar-refractivity contribution in [2.45, 2.75) is 31.7 Å². The van der Waals surface area contributed by atoms with E-state index in [1.54, 1.807) is 7.05 Å². The number of hydrogen-bond acceptors (Lipinski definition) is 5. The summed E-state index contributed by atoms with van der Waals surface area (Å²) in [6.07, 6.45) is 4.76. The van der Waals surface area contributed by atoms with E-state index in [2.05, 4.69) is 10.4 Å². The van der Waals surface area contributed by atoms with Gasteiger partial charge in [-0.1, -0.05) is 0 Å². The number of piperidine rings is 1. The number of anilines is 1. The topological polar surface area (TPSA) is 72.2 Å². The lowest BCUT2D eigenvalue weighted by Gasteiger charge is -2.32. The first-order valence-corrected chi connectivity index (χ1v) is 7.69. The van der Waals surface area contributed by atoms with Gasteiger partial charge in [0.05, 0.1) is 0 Å². The summed E-state index contributed by atoms with van der Waals surface area (Å²) in [5.41, 5.74) is -0.688. The normalized spacial score (nSPS) is 20.0. The summed E-state index contributed by atoms with van der Waals surface area (Å²) in [5, 5.41) is 7.76. The second kappa shape index (κ2) is 5.63. The minimum absolute atomic E-state index is 0.303. The zero-order valence-corrected chi connectivity index (χ0v) is 12.7. The van der Waals surface area contributed by atoms with Crippen LogP contribution in [0.5, 0.6) is 0 Å². The molecule has 0 unspecified atom stereocenters. The van der Waals surface area contributed by atoms with E-state index in [-0.39, 0.29) is 11.2 Å². The third-order valence-electron chi connectivity index (χ3n) is 4.49. The fourth-order valence-corrected chi connectivity index (χ4v) is 2.83.